The van der Waals surface area contributed by atoms with Crippen LogP contribution in [0.4, 0.5) is 8.78 Å². The zero-order valence-electron chi connectivity index (χ0n) is 11.1. The Bertz CT molecular complexity index is 640. The van der Waals surface area contributed by atoms with E-state index in [2.05, 4.69) is 25.5 Å². The van der Waals surface area contributed by atoms with Gasteiger partial charge < -0.3 is 5.11 Å². The lowest BCUT2D eigenvalue weighted by molar-refractivity contribution is 0.209. The monoisotopic (exact) mass is 362 g/mol. The second kappa shape index (κ2) is 5.46. The molecule has 0 aliphatic rings. The minimum atomic E-state index is -1.43. The normalized spacial score (nSPS) is 13.6. The predicted molar refractivity (Wildman–Crippen MR) is 76.7 cm³/mol. The molecule has 0 radical (unpaired) electrons. The zero-order chi connectivity index (χ0) is 15.1. The first-order valence-electron chi connectivity index (χ1n) is 5.87. The van der Waals surface area contributed by atoms with Crippen molar-refractivity contribution in [3.63, 3.8) is 0 Å². The lowest BCUT2D eigenvalue weighted by Crippen LogP contribution is -2.17. The molecule has 20 heavy (non-hydrogen) atoms. The van der Waals surface area contributed by atoms with Gasteiger partial charge in [-0.25, -0.2) is 8.78 Å². The highest BCUT2D eigenvalue weighted by Gasteiger charge is 2.30. The van der Waals surface area contributed by atoms with Crippen LogP contribution in [-0.4, -0.2) is 14.7 Å². The van der Waals surface area contributed by atoms with Crippen LogP contribution in [-0.2, 0) is 5.41 Å². The van der Waals surface area contributed by atoms with Crippen LogP contribution >= 0.6 is 27.5 Å². The van der Waals surface area contributed by atoms with Crippen LogP contribution in [0.25, 0.3) is 0 Å². The molecule has 7 heteroatoms. The molecule has 0 saturated heterocycles. The number of aromatic nitrogens is 2. The molecule has 1 unspecified atom stereocenters. The van der Waals surface area contributed by atoms with E-state index in [0.717, 1.165) is 17.6 Å². The van der Waals surface area contributed by atoms with E-state index in [9.17, 15) is 13.9 Å². The third-order valence-corrected chi connectivity index (χ3v) is 4.21. The summed E-state index contributed by atoms with van der Waals surface area (Å²) in [4.78, 5) is 0.355. The van der Waals surface area contributed by atoms with Gasteiger partial charge >= 0.3 is 0 Å². The van der Waals surface area contributed by atoms with Gasteiger partial charge in [0.2, 0.25) is 0 Å². The third-order valence-electron chi connectivity index (χ3n) is 2.83. The summed E-state index contributed by atoms with van der Waals surface area (Å²) in [7, 11) is 0. The maximum atomic E-state index is 14.1. The van der Waals surface area contributed by atoms with Crippen molar-refractivity contribution in [2.45, 2.75) is 32.3 Å². The number of hydrogen-bond donors (Lipinski definition) is 1. The van der Waals surface area contributed by atoms with Gasteiger partial charge in [-0.05, 0) is 39.6 Å². The van der Waals surface area contributed by atoms with Crippen molar-refractivity contribution in [1.82, 2.24) is 9.59 Å². The van der Waals surface area contributed by atoms with Gasteiger partial charge in [0.1, 0.15) is 17.7 Å². The molecule has 0 saturated carbocycles. The molecule has 1 atom stereocenters. The fraction of sp³-hybridized carbons (Fsp3) is 0.385. The molecule has 1 heterocycles. The Morgan fingerprint density at radius 1 is 1.30 bits per heavy atom. The van der Waals surface area contributed by atoms with Crippen molar-refractivity contribution in [3.8, 4) is 0 Å². The molecular formula is C13H13BrF2N2OS. The van der Waals surface area contributed by atoms with Crippen LogP contribution in [0.1, 0.15) is 43.0 Å². The van der Waals surface area contributed by atoms with Gasteiger partial charge in [0.15, 0.2) is 0 Å². The predicted octanol–water partition coefficient (Wildman–Crippen LogP) is 3.96. The van der Waals surface area contributed by atoms with Crippen molar-refractivity contribution in [2.75, 3.05) is 0 Å². The highest BCUT2D eigenvalue weighted by atomic mass is 79.9. The number of aliphatic hydroxyl groups excluding tert-OH is 1. The number of nitrogens with zero attached hydrogens (tertiary/aromatic N) is 2. The quantitative estimate of drug-likeness (QED) is 0.822. The fourth-order valence-electron chi connectivity index (χ4n) is 1.82. The molecule has 0 amide bonds. The smallest absolute Gasteiger partial charge is 0.146 e. The van der Waals surface area contributed by atoms with Crippen molar-refractivity contribution >= 4 is 27.5 Å². The molecule has 0 aliphatic carbocycles. The van der Waals surface area contributed by atoms with Gasteiger partial charge in [0.05, 0.1) is 20.6 Å². The molecule has 0 aliphatic heterocycles. The first-order chi connectivity index (χ1) is 9.23. The molecule has 1 N–H and O–H groups in total. The minimum Gasteiger partial charge on any atom is -0.382 e. The maximum Gasteiger partial charge on any atom is 0.146 e. The summed E-state index contributed by atoms with van der Waals surface area (Å²) in [6.07, 6.45) is -1.43. The number of benzene rings is 1. The topological polar surface area (TPSA) is 46.0 Å². The SMILES string of the molecule is CC(C)(C)c1nnsc1C(O)c1c(F)ccc(Br)c1F. The molecule has 0 spiro atoms. The maximum absolute atomic E-state index is 14.1. The summed E-state index contributed by atoms with van der Waals surface area (Å²) in [5, 5.41) is 14.3. The largest absolute Gasteiger partial charge is 0.382 e. The summed E-state index contributed by atoms with van der Waals surface area (Å²) in [5.41, 5.74) is -0.229. The van der Waals surface area contributed by atoms with Gasteiger partial charge in [-0.3, -0.25) is 0 Å². The first-order valence-corrected chi connectivity index (χ1v) is 7.44. The summed E-state index contributed by atoms with van der Waals surface area (Å²) < 4.78 is 31.8. The number of rotatable bonds is 2. The van der Waals surface area contributed by atoms with Gasteiger partial charge in [0.25, 0.3) is 0 Å². The van der Waals surface area contributed by atoms with Crippen molar-refractivity contribution in [1.29, 1.82) is 0 Å². The van der Waals surface area contributed by atoms with Crippen LogP contribution in [0.2, 0.25) is 0 Å². The van der Waals surface area contributed by atoms with Gasteiger partial charge in [-0.15, -0.1) is 5.10 Å². The average Bonchev–Trinajstić information content (AvgIpc) is 2.83. The van der Waals surface area contributed by atoms with Crippen molar-refractivity contribution in [3.05, 3.63) is 44.4 Å². The summed E-state index contributed by atoms with van der Waals surface area (Å²) in [6.45, 7) is 5.69. The van der Waals surface area contributed by atoms with E-state index in [0.29, 0.717) is 10.6 Å². The first kappa shape index (κ1) is 15.5. The Hall–Kier alpha value is -0.920. The van der Waals surface area contributed by atoms with Crippen LogP contribution < -0.4 is 0 Å². The van der Waals surface area contributed by atoms with E-state index in [1.165, 1.54) is 6.07 Å². The Morgan fingerprint density at radius 2 is 1.95 bits per heavy atom. The van der Waals surface area contributed by atoms with E-state index in [1.807, 2.05) is 20.8 Å². The van der Waals surface area contributed by atoms with E-state index in [1.54, 1.807) is 0 Å². The fourth-order valence-corrected chi connectivity index (χ4v) is 3.03. The molecule has 3 nitrogen and oxygen atoms in total. The van der Waals surface area contributed by atoms with E-state index in [-0.39, 0.29) is 9.89 Å². The van der Waals surface area contributed by atoms with Crippen LogP contribution in [0, 0.1) is 11.6 Å². The van der Waals surface area contributed by atoms with E-state index >= 15 is 0 Å². The molecule has 1 aromatic heterocycles. The molecule has 0 bridgehead atoms. The average molecular weight is 363 g/mol. The van der Waals surface area contributed by atoms with E-state index < -0.39 is 23.3 Å². The van der Waals surface area contributed by atoms with E-state index in [4.69, 9.17) is 0 Å². The minimum absolute atomic E-state index is 0.0998. The Balaban J connectivity index is 2.56. The Kier molecular flexibility index (Phi) is 4.22. The Labute approximate surface area is 127 Å². The second-order valence-corrected chi connectivity index (χ2v) is 7.04. The van der Waals surface area contributed by atoms with Crippen LogP contribution in [0.5, 0.6) is 0 Å². The number of aliphatic hydroxyl groups is 1. The van der Waals surface area contributed by atoms with Crippen molar-refractivity contribution < 1.29 is 13.9 Å². The zero-order valence-corrected chi connectivity index (χ0v) is 13.5. The summed E-state index contributed by atoms with van der Waals surface area (Å²) in [6, 6.07) is 2.37. The molecular weight excluding hydrogens is 350 g/mol. The van der Waals surface area contributed by atoms with Gasteiger partial charge in [0, 0.05) is 5.41 Å². The molecule has 2 aromatic rings. The van der Waals surface area contributed by atoms with Crippen molar-refractivity contribution in [2.24, 2.45) is 0 Å². The molecule has 108 valence electrons. The highest BCUT2D eigenvalue weighted by molar-refractivity contribution is 9.10. The van der Waals surface area contributed by atoms with Crippen LogP contribution in [0.15, 0.2) is 16.6 Å². The second-order valence-electron chi connectivity index (χ2n) is 5.40. The highest BCUT2D eigenvalue weighted by Crippen LogP contribution is 2.36. The number of halogens is 3. The third kappa shape index (κ3) is 2.75. The van der Waals surface area contributed by atoms with Gasteiger partial charge in [-0.2, -0.15) is 0 Å². The summed E-state index contributed by atoms with van der Waals surface area (Å²) >= 11 is 3.93. The Morgan fingerprint density at radius 3 is 2.55 bits per heavy atom. The molecule has 0 fully saturated rings. The summed E-state index contributed by atoms with van der Waals surface area (Å²) in [5.74, 6) is -1.61. The number of hydrogen-bond acceptors (Lipinski definition) is 4. The lowest BCUT2D eigenvalue weighted by atomic mass is 9.89. The molecule has 1 aromatic carbocycles. The van der Waals surface area contributed by atoms with Gasteiger partial charge in [-0.1, -0.05) is 25.3 Å². The lowest BCUT2D eigenvalue weighted by Gasteiger charge is -2.19. The standard InChI is InChI=1S/C13H13BrF2N2OS/c1-13(2,3)12-11(20-18-17-12)10(19)8-7(15)5-4-6(14)9(8)16/h4-5,10,19H,1-3H3. The molecule has 2 rings (SSSR count). The van der Waals surface area contributed by atoms with Crippen LogP contribution in [0.3, 0.4) is 0 Å².